The van der Waals surface area contributed by atoms with E-state index in [9.17, 15) is 27.2 Å². The van der Waals surface area contributed by atoms with Gasteiger partial charge in [-0.3, -0.25) is 9.59 Å². The Balaban J connectivity index is 1.51. The molecule has 0 aliphatic heterocycles. The zero-order valence-electron chi connectivity index (χ0n) is 17.2. The van der Waals surface area contributed by atoms with Crippen LogP contribution in [0.3, 0.4) is 0 Å². The number of hydrogen-bond donors (Lipinski definition) is 1. The predicted octanol–water partition coefficient (Wildman–Crippen LogP) is 5.79. The molecule has 0 aliphatic carbocycles. The van der Waals surface area contributed by atoms with Crippen molar-refractivity contribution in [2.24, 2.45) is 0 Å². The first kappa shape index (κ1) is 23.2. The van der Waals surface area contributed by atoms with E-state index in [1.807, 2.05) is 0 Å². The van der Waals surface area contributed by atoms with E-state index in [1.165, 1.54) is 66.4 Å². The normalized spacial score (nSPS) is 11.3. The molecule has 34 heavy (non-hydrogen) atoms. The molecule has 0 unspecified atom stereocenters. The fourth-order valence-corrected chi connectivity index (χ4v) is 3.76. The minimum absolute atomic E-state index is 0.00677. The molecule has 0 aliphatic rings. The molecule has 3 aromatic carbocycles. The quantitative estimate of drug-likeness (QED) is 0.363. The average Bonchev–Trinajstić information content (AvgIpc) is 2.81. The van der Waals surface area contributed by atoms with Gasteiger partial charge in [0.25, 0.3) is 11.5 Å². The Labute approximate surface area is 195 Å². The minimum atomic E-state index is -4.52. The highest BCUT2D eigenvalue weighted by molar-refractivity contribution is 7.99. The summed E-state index contributed by atoms with van der Waals surface area (Å²) in [5.74, 6) is -0.966. The lowest BCUT2D eigenvalue weighted by Crippen LogP contribution is -2.20. The Morgan fingerprint density at radius 2 is 1.62 bits per heavy atom. The molecule has 1 amide bonds. The van der Waals surface area contributed by atoms with Gasteiger partial charge in [0, 0.05) is 22.2 Å². The summed E-state index contributed by atoms with van der Waals surface area (Å²) < 4.78 is 52.9. The van der Waals surface area contributed by atoms with E-state index in [-0.39, 0.29) is 17.1 Å². The number of nitrogens with zero attached hydrogens (tertiary/aromatic N) is 2. The van der Waals surface area contributed by atoms with Crippen molar-refractivity contribution in [3.63, 3.8) is 0 Å². The van der Waals surface area contributed by atoms with Crippen molar-refractivity contribution in [2.45, 2.75) is 16.1 Å². The molecule has 1 heterocycles. The molecule has 4 aromatic rings. The zero-order chi connectivity index (χ0) is 24.3. The molecule has 0 fully saturated rings. The Kier molecular flexibility index (Phi) is 6.51. The van der Waals surface area contributed by atoms with Crippen molar-refractivity contribution < 1.29 is 22.4 Å². The number of alkyl halides is 3. The highest BCUT2D eigenvalue weighted by atomic mass is 32.2. The van der Waals surface area contributed by atoms with E-state index in [0.717, 1.165) is 21.7 Å². The maximum absolute atomic E-state index is 13.1. The molecule has 5 nitrogen and oxygen atoms in total. The maximum Gasteiger partial charge on any atom is 0.416 e. The summed E-state index contributed by atoms with van der Waals surface area (Å²) in [5, 5.41) is 7.23. The van der Waals surface area contributed by atoms with Crippen LogP contribution in [0.4, 0.5) is 23.2 Å². The summed E-state index contributed by atoms with van der Waals surface area (Å²) >= 11 is 1.24. The summed E-state index contributed by atoms with van der Waals surface area (Å²) in [6.07, 6.45) is -4.52. The van der Waals surface area contributed by atoms with Crippen molar-refractivity contribution in [1.29, 1.82) is 0 Å². The third-order valence-electron chi connectivity index (χ3n) is 4.63. The second-order valence-electron chi connectivity index (χ2n) is 7.06. The van der Waals surface area contributed by atoms with Crippen LogP contribution in [0.5, 0.6) is 0 Å². The largest absolute Gasteiger partial charge is 0.416 e. The van der Waals surface area contributed by atoms with E-state index < -0.39 is 23.2 Å². The topological polar surface area (TPSA) is 64.0 Å². The lowest BCUT2D eigenvalue weighted by Gasteiger charge is -2.10. The molecule has 0 saturated carbocycles. The minimum Gasteiger partial charge on any atom is -0.322 e. The molecule has 0 atom stereocenters. The zero-order valence-corrected chi connectivity index (χ0v) is 18.0. The van der Waals surface area contributed by atoms with Crippen LogP contribution in [0.25, 0.3) is 5.69 Å². The molecular weight excluding hydrogens is 470 g/mol. The average molecular weight is 485 g/mol. The third kappa shape index (κ3) is 5.52. The van der Waals surface area contributed by atoms with Gasteiger partial charge in [0.2, 0.25) is 0 Å². The van der Waals surface area contributed by atoms with Crippen LogP contribution in [0, 0.1) is 5.82 Å². The van der Waals surface area contributed by atoms with Crippen LogP contribution in [-0.2, 0) is 6.18 Å². The molecule has 1 N–H and O–H groups in total. The summed E-state index contributed by atoms with van der Waals surface area (Å²) in [6, 6.07) is 18.9. The number of carbonyl (C=O) groups excluding carboxylic acids is 1. The van der Waals surface area contributed by atoms with Gasteiger partial charge in [-0.2, -0.15) is 23.0 Å². The van der Waals surface area contributed by atoms with Gasteiger partial charge >= 0.3 is 6.18 Å². The number of benzene rings is 3. The first-order chi connectivity index (χ1) is 16.2. The summed E-state index contributed by atoms with van der Waals surface area (Å²) in [6.45, 7) is 0. The smallest absolute Gasteiger partial charge is 0.322 e. The molecule has 0 bridgehead atoms. The molecule has 1 aromatic heterocycles. The number of carbonyl (C=O) groups is 1. The van der Waals surface area contributed by atoms with Gasteiger partial charge in [-0.1, -0.05) is 17.8 Å². The van der Waals surface area contributed by atoms with Gasteiger partial charge in [-0.05, 0) is 72.8 Å². The van der Waals surface area contributed by atoms with E-state index >= 15 is 0 Å². The second-order valence-corrected chi connectivity index (χ2v) is 8.15. The van der Waals surface area contributed by atoms with Crippen LogP contribution in [-0.4, -0.2) is 15.7 Å². The molecular formula is C24H15F4N3O2S. The number of amides is 1. The molecule has 0 saturated heterocycles. The fraction of sp³-hybridized carbons (Fsp3) is 0.0417. The molecule has 172 valence electrons. The Bertz CT molecular complexity index is 1390. The van der Waals surface area contributed by atoms with E-state index in [1.54, 1.807) is 18.2 Å². The number of halogens is 4. The number of aromatic nitrogens is 2. The van der Waals surface area contributed by atoms with E-state index in [4.69, 9.17) is 0 Å². The van der Waals surface area contributed by atoms with Crippen LogP contribution < -0.4 is 10.9 Å². The first-order valence-corrected chi connectivity index (χ1v) is 10.6. The summed E-state index contributed by atoms with van der Waals surface area (Å²) in [5.41, 5.74) is -0.686. The first-order valence-electron chi connectivity index (χ1n) is 9.82. The number of hydrogen-bond acceptors (Lipinski definition) is 4. The standard InChI is InChI=1S/C24H15F4N3O2S/c25-17-6-10-20(11-7-17)34-21-12-13-22(32)31(30-21)19-8-4-15(5-9-19)23(33)29-18-3-1-2-16(14-18)24(26,27)28/h1-14H,(H,29,33). The van der Waals surface area contributed by atoms with E-state index in [0.29, 0.717) is 10.7 Å². The van der Waals surface area contributed by atoms with E-state index in [2.05, 4.69) is 10.4 Å². The Morgan fingerprint density at radius 1 is 0.912 bits per heavy atom. The van der Waals surface area contributed by atoms with Crippen LogP contribution in [0.15, 0.2) is 99.6 Å². The van der Waals surface area contributed by atoms with Gasteiger partial charge in [-0.15, -0.1) is 0 Å². The van der Waals surface area contributed by atoms with Crippen molar-refractivity contribution in [2.75, 3.05) is 5.32 Å². The highest BCUT2D eigenvalue weighted by Gasteiger charge is 2.30. The van der Waals surface area contributed by atoms with Crippen molar-refractivity contribution in [1.82, 2.24) is 9.78 Å². The van der Waals surface area contributed by atoms with Crippen LogP contribution in [0.2, 0.25) is 0 Å². The summed E-state index contributed by atoms with van der Waals surface area (Å²) in [4.78, 5) is 25.5. The molecule has 10 heteroatoms. The number of rotatable bonds is 5. The van der Waals surface area contributed by atoms with Gasteiger partial charge < -0.3 is 5.32 Å². The molecule has 0 spiro atoms. The maximum atomic E-state index is 13.1. The van der Waals surface area contributed by atoms with Crippen molar-refractivity contribution in [3.05, 3.63) is 112 Å². The predicted molar refractivity (Wildman–Crippen MR) is 120 cm³/mol. The van der Waals surface area contributed by atoms with Crippen molar-refractivity contribution >= 4 is 23.4 Å². The van der Waals surface area contributed by atoms with Crippen molar-refractivity contribution in [3.8, 4) is 5.69 Å². The van der Waals surface area contributed by atoms with Gasteiger partial charge in [-0.25, -0.2) is 4.39 Å². The summed E-state index contributed by atoms with van der Waals surface area (Å²) in [7, 11) is 0. The number of anilines is 1. The number of nitrogens with one attached hydrogen (secondary N) is 1. The lowest BCUT2D eigenvalue weighted by atomic mass is 10.1. The third-order valence-corrected chi connectivity index (χ3v) is 5.57. The molecule has 4 rings (SSSR count). The Hall–Kier alpha value is -3.92. The SMILES string of the molecule is O=C(Nc1cccc(C(F)(F)F)c1)c1ccc(-n2nc(Sc3ccc(F)cc3)ccc2=O)cc1. The van der Waals surface area contributed by atoms with Gasteiger partial charge in [0.05, 0.1) is 11.3 Å². The fourth-order valence-electron chi connectivity index (χ4n) is 2.99. The van der Waals surface area contributed by atoms with Crippen LogP contribution in [0.1, 0.15) is 15.9 Å². The van der Waals surface area contributed by atoms with Gasteiger partial charge in [0.15, 0.2) is 0 Å². The monoisotopic (exact) mass is 485 g/mol. The highest BCUT2D eigenvalue weighted by Crippen LogP contribution is 2.31. The second kappa shape index (κ2) is 9.52. The molecule has 0 radical (unpaired) electrons. The lowest BCUT2D eigenvalue weighted by molar-refractivity contribution is -0.137. The van der Waals surface area contributed by atoms with Gasteiger partial charge in [0.1, 0.15) is 10.8 Å². The van der Waals surface area contributed by atoms with Crippen LogP contribution >= 0.6 is 11.8 Å². The Morgan fingerprint density at radius 3 is 2.29 bits per heavy atom.